The first-order valence-electron chi connectivity index (χ1n) is 9.48. The zero-order valence-corrected chi connectivity index (χ0v) is 15.2. The molecule has 26 heavy (non-hydrogen) atoms. The van der Waals surface area contributed by atoms with Crippen LogP contribution in [0.1, 0.15) is 41.0 Å². The second-order valence-electron chi connectivity index (χ2n) is 7.31. The van der Waals surface area contributed by atoms with Gasteiger partial charge in [-0.15, -0.1) is 0 Å². The second kappa shape index (κ2) is 7.19. The van der Waals surface area contributed by atoms with Gasteiger partial charge in [0.1, 0.15) is 11.5 Å². The van der Waals surface area contributed by atoms with E-state index < -0.39 is 0 Å². The van der Waals surface area contributed by atoms with Gasteiger partial charge in [-0.25, -0.2) is 9.07 Å². The third-order valence-electron chi connectivity index (χ3n) is 5.51. The van der Waals surface area contributed by atoms with Crippen LogP contribution in [0.5, 0.6) is 0 Å². The highest BCUT2D eigenvalue weighted by atomic mass is 19.1. The van der Waals surface area contributed by atoms with Gasteiger partial charge in [0.25, 0.3) is 5.91 Å². The zero-order valence-electron chi connectivity index (χ0n) is 15.2. The maximum Gasteiger partial charge on any atom is 0.274 e. The lowest BCUT2D eigenvalue weighted by Crippen LogP contribution is -2.42. The molecule has 0 radical (unpaired) electrons. The number of nitrogens with zero attached hydrogens (tertiary/aromatic N) is 3. The molecule has 1 N–H and O–H groups in total. The predicted molar refractivity (Wildman–Crippen MR) is 98.1 cm³/mol. The number of benzene rings is 1. The Bertz CT molecular complexity index is 814. The Labute approximate surface area is 153 Å². The molecule has 1 unspecified atom stereocenters. The molecule has 6 heteroatoms. The molecule has 1 fully saturated rings. The van der Waals surface area contributed by atoms with Crippen molar-refractivity contribution >= 4 is 5.91 Å². The second-order valence-corrected chi connectivity index (χ2v) is 7.31. The SMILES string of the molecule is CNCC1CCCN(C(=O)c2nn(-c3ccccc3F)c3c2CCC3)C1. The molecule has 1 aliphatic carbocycles. The van der Waals surface area contributed by atoms with Crippen LogP contribution in [0.15, 0.2) is 24.3 Å². The van der Waals surface area contributed by atoms with Crippen LogP contribution in [0, 0.1) is 11.7 Å². The number of nitrogens with one attached hydrogen (secondary N) is 1. The van der Waals surface area contributed by atoms with E-state index in [0.717, 1.165) is 63.0 Å². The molecule has 1 amide bonds. The summed E-state index contributed by atoms with van der Waals surface area (Å²) >= 11 is 0. The lowest BCUT2D eigenvalue weighted by Gasteiger charge is -2.32. The van der Waals surface area contributed by atoms with E-state index in [1.807, 2.05) is 11.9 Å². The maximum atomic E-state index is 14.3. The van der Waals surface area contributed by atoms with Crippen LogP contribution < -0.4 is 5.32 Å². The average molecular weight is 356 g/mol. The van der Waals surface area contributed by atoms with E-state index in [-0.39, 0.29) is 11.7 Å². The van der Waals surface area contributed by atoms with Gasteiger partial charge < -0.3 is 10.2 Å². The summed E-state index contributed by atoms with van der Waals surface area (Å²) in [5.41, 5.74) is 2.94. The van der Waals surface area contributed by atoms with Gasteiger partial charge in [-0.3, -0.25) is 4.79 Å². The Hall–Kier alpha value is -2.21. The van der Waals surface area contributed by atoms with Gasteiger partial charge in [0, 0.05) is 24.3 Å². The number of piperidine rings is 1. The predicted octanol–water partition coefficient (Wildman–Crippen LogP) is 2.57. The van der Waals surface area contributed by atoms with Crippen LogP contribution in [0.3, 0.4) is 0 Å². The number of likely N-dealkylation sites (tertiary alicyclic amines) is 1. The van der Waals surface area contributed by atoms with E-state index >= 15 is 0 Å². The molecule has 1 aromatic heterocycles. The van der Waals surface area contributed by atoms with Crippen LogP contribution in [0.25, 0.3) is 5.69 Å². The number of carbonyl (C=O) groups is 1. The van der Waals surface area contributed by atoms with Gasteiger partial charge in [0.05, 0.1) is 0 Å². The van der Waals surface area contributed by atoms with Crippen molar-refractivity contribution in [1.82, 2.24) is 20.0 Å². The number of hydrogen-bond acceptors (Lipinski definition) is 3. The van der Waals surface area contributed by atoms with Gasteiger partial charge >= 0.3 is 0 Å². The van der Waals surface area contributed by atoms with Crippen molar-refractivity contribution in [2.24, 2.45) is 5.92 Å². The Kier molecular flexibility index (Phi) is 4.76. The number of halogens is 1. The molecule has 1 saturated heterocycles. The molecule has 138 valence electrons. The Balaban J connectivity index is 1.66. The van der Waals surface area contributed by atoms with Gasteiger partial charge in [0.15, 0.2) is 5.69 Å². The van der Waals surface area contributed by atoms with Gasteiger partial charge in [-0.1, -0.05) is 12.1 Å². The first kappa shape index (κ1) is 17.2. The highest BCUT2D eigenvalue weighted by Crippen LogP contribution is 2.30. The topological polar surface area (TPSA) is 50.2 Å². The van der Waals surface area contributed by atoms with Gasteiger partial charge in [-0.2, -0.15) is 5.10 Å². The molecule has 1 aromatic carbocycles. The average Bonchev–Trinajstić information content (AvgIpc) is 3.25. The minimum atomic E-state index is -0.309. The summed E-state index contributed by atoms with van der Waals surface area (Å²) in [6, 6.07) is 6.63. The molecule has 1 atom stereocenters. The summed E-state index contributed by atoms with van der Waals surface area (Å²) in [4.78, 5) is 15.1. The molecular weight excluding hydrogens is 331 g/mol. The fourth-order valence-corrected chi connectivity index (χ4v) is 4.29. The number of aromatic nitrogens is 2. The first-order valence-corrected chi connectivity index (χ1v) is 9.48. The number of fused-ring (bicyclic) bond motifs is 1. The minimum absolute atomic E-state index is 0.000887. The van der Waals surface area contributed by atoms with E-state index in [9.17, 15) is 9.18 Å². The zero-order chi connectivity index (χ0) is 18.1. The largest absolute Gasteiger partial charge is 0.337 e. The Morgan fingerprint density at radius 3 is 2.96 bits per heavy atom. The van der Waals surface area contributed by atoms with Gasteiger partial charge in [0.2, 0.25) is 0 Å². The van der Waals surface area contributed by atoms with Crippen LogP contribution >= 0.6 is 0 Å². The fourth-order valence-electron chi connectivity index (χ4n) is 4.29. The fraction of sp³-hybridized carbons (Fsp3) is 0.500. The number of rotatable bonds is 4. The van der Waals surface area contributed by atoms with Crippen LogP contribution in [0.4, 0.5) is 4.39 Å². The molecule has 0 saturated carbocycles. The molecule has 2 heterocycles. The maximum absolute atomic E-state index is 14.3. The van der Waals surface area contributed by atoms with Crippen molar-refractivity contribution in [3.8, 4) is 5.69 Å². The summed E-state index contributed by atoms with van der Waals surface area (Å²) in [5, 5.41) is 7.79. The summed E-state index contributed by atoms with van der Waals surface area (Å²) in [7, 11) is 1.95. The van der Waals surface area contributed by atoms with Crippen LogP contribution in [-0.4, -0.2) is 47.3 Å². The molecule has 0 bridgehead atoms. The van der Waals surface area contributed by atoms with Gasteiger partial charge in [-0.05, 0) is 63.7 Å². The summed E-state index contributed by atoms with van der Waals surface area (Å²) < 4.78 is 15.9. The highest BCUT2D eigenvalue weighted by molar-refractivity contribution is 5.94. The van der Waals surface area contributed by atoms with Crippen molar-refractivity contribution in [3.63, 3.8) is 0 Å². The van der Waals surface area contributed by atoms with E-state index in [4.69, 9.17) is 0 Å². The van der Waals surface area contributed by atoms with E-state index in [2.05, 4.69) is 10.4 Å². The smallest absolute Gasteiger partial charge is 0.274 e. The molecule has 4 rings (SSSR count). The molecule has 0 spiro atoms. The third-order valence-corrected chi connectivity index (χ3v) is 5.51. The standard InChI is InChI=1S/C20H25FN4O/c1-22-12-14-6-5-11-24(13-14)20(26)19-15-7-4-10-17(15)25(23-19)18-9-3-2-8-16(18)21/h2-3,8-9,14,22H,4-7,10-13H2,1H3. The molecule has 5 nitrogen and oxygen atoms in total. The third kappa shape index (κ3) is 3.03. The number of hydrogen-bond donors (Lipinski definition) is 1. The van der Waals surface area contributed by atoms with Crippen LogP contribution in [-0.2, 0) is 12.8 Å². The molecule has 2 aliphatic rings. The molecule has 2 aromatic rings. The summed E-state index contributed by atoms with van der Waals surface area (Å²) in [5.74, 6) is 0.175. The highest BCUT2D eigenvalue weighted by Gasteiger charge is 2.32. The van der Waals surface area contributed by atoms with E-state index in [1.165, 1.54) is 6.07 Å². The van der Waals surface area contributed by atoms with Crippen molar-refractivity contribution in [2.45, 2.75) is 32.1 Å². The molecule has 1 aliphatic heterocycles. The van der Waals surface area contributed by atoms with Crippen molar-refractivity contribution < 1.29 is 9.18 Å². The quantitative estimate of drug-likeness (QED) is 0.916. The first-order chi connectivity index (χ1) is 12.7. The minimum Gasteiger partial charge on any atom is -0.337 e. The lowest BCUT2D eigenvalue weighted by atomic mass is 9.97. The Morgan fingerprint density at radius 1 is 1.31 bits per heavy atom. The number of carbonyl (C=O) groups excluding carboxylic acids is 1. The van der Waals surface area contributed by atoms with Crippen LogP contribution in [0.2, 0.25) is 0 Å². The van der Waals surface area contributed by atoms with Crippen molar-refractivity contribution in [3.05, 3.63) is 47.0 Å². The van der Waals surface area contributed by atoms with Crippen molar-refractivity contribution in [2.75, 3.05) is 26.7 Å². The number of para-hydroxylation sites is 1. The van der Waals surface area contributed by atoms with E-state index in [1.54, 1.807) is 22.9 Å². The Morgan fingerprint density at radius 2 is 2.15 bits per heavy atom. The monoisotopic (exact) mass is 356 g/mol. The summed E-state index contributed by atoms with van der Waals surface area (Å²) in [6.45, 7) is 2.47. The van der Waals surface area contributed by atoms with Crippen molar-refractivity contribution in [1.29, 1.82) is 0 Å². The summed E-state index contributed by atoms with van der Waals surface area (Å²) in [6.07, 6.45) is 4.84. The van der Waals surface area contributed by atoms with E-state index in [0.29, 0.717) is 17.3 Å². The lowest BCUT2D eigenvalue weighted by molar-refractivity contribution is 0.0666. The normalized spacial score (nSPS) is 19.6. The molecular formula is C20H25FN4O. The number of amides is 1.